The first kappa shape index (κ1) is 14.1. The molecule has 0 aliphatic carbocycles. The van der Waals surface area contributed by atoms with E-state index in [4.69, 9.17) is 5.26 Å². The van der Waals surface area contributed by atoms with Gasteiger partial charge in [0, 0.05) is 30.5 Å². The zero-order valence-corrected chi connectivity index (χ0v) is 12.4. The summed E-state index contributed by atoms with van der Waals surface area (Å²) in [6, 6.07) is 3.95. The van der Waals surface area contributed by atoms with Crippen molar-refractivity contribution in [3.63, 3.8) is 0 Å². The third-order valence-corrected chi connectivity index (χ3v) is 5.05. The van der Waals surface area contributed by atoms with Crippen LogP contribution in [0.5, 0.6) is 0 Å². The van der Waals surface area contributed by atoms with E-state index in [9.17, 15) is 9.59 Å². The van der Waals surface area contributed by atoms with Crippen LogP contribution < -0.4 is 4.90 Å². The third-order valence-electron chi connectivity index (χ3n) is 2.93. The highest BCUT2D eigenvalue weighted by Gasteiger charge is 2.32. The molecule has 2 heterocycles. The molecule has 1 aliphatic heterocycles. The van der Waals surface area contributed by atoms with Crippen molar-refractivity contribution >= 4 is 39.1 Å². The Labute approximate surface area is 120 Å². The SMILES string of the molecule is CC(=O)SCC1CC(=O)N(c2sc(C)cc2C#N)C1. The van der Waals surface area contributed by atoms with Crippen LogP contribution in [0.25, 0.3) is 0 Å². The highest BCUT2D eigenvalue weighted by molar-refractivity contribution is 8.13. The number of thiophene rings is 1. The first-order valence-corrected chi connectivity index (χ1v) is 7.75. The van der Waals surface area contributed by atoms with Crippen molar-refractivity contribution in [3.05, 3.63) is 16.5 Å². The maximum absolute atomic E-state index is 12.0. The van der Waals surface area contributed by atoms with E-state index < -0.39 is 0 Å². The van der Waals surface area contributed by atoms with Crippen LogP contribution in [0.2, 0.25) is 0 Å². The lowest BCUT2D eigenvalue weighted by Gasteiger charge is -2.14. The van der Waals surface area contributed by atoms with Crippen LogP contribution in [0.3, 0.4) is 0 Å². The molecule has 0 radical (unpaired) electrons. The molecule has 1 aromatic heterocycles. The van der Waals surface area contributed by atoms with Crippen LogP contribution in [0, 0.1) is 24.2 Å². The number of amides is 1. The predicted octanol–water partition coefficient (Wildman–Crippen LogP) is 2.56. The Balaban J connectivity index is 2.11. The molecule has 100 valence electrons. The van der Waals surface area contributed by atoms with Gasteiger partial charge in [0.15, 0.2) is 5.12 Å². The van der Waals surface area contributed by atoms with Crippen molar-refractivity contribution < 1.29 is 9.59 Å². The Kier molecular flexibility index (Phi) is 4.27. The van der Waals surface area contributed by atoms with Crippen molar-refractivity contribution in [2.75, 3.05) is 17.2 Å². The van der Waals surface area contributed by atoms with Crippen LogP contribution in [-0.2, 0) is 9.59 Å². The van der Waals surface area contributed by atoms with Crippen molar-refractivity contribution in [1.29, 1.82) is 5.26 Å². The van der Waals surface area contributed by atoms with Crippen LogP contribution in [0.1, 0.15) is 23.8 Å². The number of nitrogens with zero attached hydrogens (tertiary/aromatic N) is 2. The van der Waals surface area contributed by atoms with Gasteiger partial charge in [-0.15, -0.1) is 11.3 Å². The first-order chi connectivity index (χ1) is 9.01. The molecule has 6 heteroatoms. The minimum absolute atomic E-state index is 0.0486. The van der Waals surface area contributed by atoms with Gasteiger partial charge in [0.05, 0.1) is 5.56 Å². The fourth-order valence-electron chi connectivity index (χ4n) is 2.11. The quantitative estimate of drug-likeness (QED) is 0.859. The van der Waals surface area contributed by atoms with Gasteiger partial charge in [-0.2, -0.15) is 5.26 Å². The number of carbonyl (C=O) groups excluding carboxylic acids is 2. The minimum atomic E-state index is 0.0486. The molecule has 0 saturated carbocycles. The number of nitriles is 1. The Bertz CT molecular complexity index is 559. The molecule has 0 aromatic carbocycles. The van der Waals surface area contributed by atoms with Gasteiger partial charge in [-0.25, -0.2) is 0 Å². The van der Waals surface area contributed by atoms with Crippen molar-refractivity contribution in [3.8, 4) is 6.07 Å². The summed E-state index contributed by atoms with van der Waals surface area (Å²) in [4.78, 5) is 25.7. The predicted molar refractivity (Wildman–Crippen MR) is 77.4 cm³/mol. The lowest BCUT2D eigenvalue weighted by atomic mass is 10.1. The Morgan fingerprint density at radius 3 is 3.05 bits per heavy atom. The smallest absolute Gasteiger partial charge is 0.228 e. The highest BCUT2D eigenvalue weighted by Crippen LogP contribution is 2.35. The summed E-state index contributed by atoms with van der Waals surface area (Å²) in [7, 11) is 0. The fourth-order valence-corrected chi connectivity index (χ4v) is 3.78. The van der Waals surface area contributed by atoms with Crippen molar-refractivity contribution in [2.45, 2.75) is 20.3 Å². The fraction of sp³-hybridized carbons (Fsp3) is 0.462. The summed E-state index contributed by atoms with van der Waals surface area (Å²) < 4.78 is 0. The zero-order chi connectivity index (χ0) is 14.0. The largest absolute Gasteiger partial charge is 0.302 e. The average Bonchev–Trinajstić information content (AvgIpc) is 2.89. The normalized spacial score (nSPS) is 18.7. The molecule has 2 rings (SSSR count). The van der Waals surface area contributed by atoms with E-state index in [1.807, 2.05) is 13.0 Å². The maximum Gasteiger partial charge on any atom is 0.228 e. The molecule has 4 nitrogen and oxygen atoms in total. The second-order valence-corrected chi connectivity index (χ2v) is 7.00. The molecule has 1 atom stereocenters. The van der Waals surface area contributed by atoms with Gasteiger partial charge < -0.3 is 4.90 Å². The second kappa shape index (κ2) is 5.76. The second-order valence-electron chi connectivity index (χ2n) is 4.56. The zero-order valence-electron chi connectivity index (χ0n) is 10.8. The monoisotopic (exact) mass is 294 g/mol. The molecule has 0 bridgehead atoms. The van der Waals surface area contributed by atoms with Crippen LogP contribution in [-0.4, -0.2) is 23.3 Å². The van der Waals surface area contributed by atoms with E-state index in [2.05, 4.69) is 6.07 Å². The van der Waals surface area contributed by atoms with Crippen LogP contribution >= 0.6 is 23.1 Å². The van der Waals surface area contributed by atoms with Gasteiger partial charge in [-0.05, 0) is 18.9 Å². The molecule has 1 unspecified atom stereocenters. The lowest BCUT2D eigenvalue weighted by Crippen LogP contribution is -2.24. The van der Waals surface area contributed by atoms with E-state index in [0.717, 1.165) is 9.88 Å². The van der Waals surface area contributed by atoms with E-state index in [-0.39, 0.29) is 16.9 Å². The summed E-state index contributed by atoms with van der Waals surface area (Å²) in [6.45, 7) is 4.07. The number of anilines is 1. The van der Waals surface area contributed by atoms with Gasteiger partial charge in [-0.3, -0.25) is 9.59 Å². The Morgan fingerprint density at radius 1 is 1.68 bits per heavy atom. The summed E-state index contributed by atoms with van der Waals surface area (Å²) in [6.07, 6.45) is 0.460. The standard InChI is InChI=1S/C13H14N2O2S2/c1-8-3-11(5-14)13(19-8)15-6-10(4-12(15)17)7-18-9(2)16/h3,10H,4,6-7H2,1-2H3. The Hall–Kier alpha value is -1.32. The number of thioether (sulfide) groups is 1. The summed E-state index contributed by atoms with van der Waals surface area (Å²) in [5, 5.41) is 9.92. The first-order valence-electron chi connectivity index (χ1n) is 5.95. The molecule has 1 saturated heterocycles. The number of carbonyl (C=O) groups is 2. The van der Waals surface area contributed by atoms with Crippen molar-refractivity contribution in [1.82, 2.24) is 0 Å². The van der Waals surface area contributed by atoms with E-state index in [0.29, 0.717) is 24.3 Å². The average molecular weight is 294 g/mol. The summed E-state index contributed by atoms with van der Waals surface area (Å²) in [5.74, 6) is 0.909. The molecule has 0 N–H and O–H groups in total. The van der Waals surface area contributed by atoms with Gasteiger partial charge >= 0.3 is 0 Å². The highest BCUT2D eigenvalue weighted by atomic mass is 32.2. The maximum atomic E-state index is 12.0. The Morgan fingerprint density at radius 2 is 2.42 bits per heavy atom. The number of hydrogen-bond donors (Lipinski definition) is 0. The van der Waals surface area contributed by atoms with E-state index in [1.165, 1.54) is 30.0 Å². The molecule has 19 heavy (non-hydrogen) atoms. The van der Waals surface area contributed by atoms with Gasteiger partial charge in [0.25, 0.3) is 0 Å². The topological polar surface area (TPSA) is 61.2 Å². The number of hydrogen-bond acceptors (Lipinski definition) is 5. The summed E-state index contributed by atoms with van der Waals surface area (Å²) >= 11 is 2.74. The molecule has 1 amide bonds. The third kappa shape index (κ3) is 3.17. The van der Waals surface area contributed by atoms with E-state index in [1.54, 1.807) is 4.90 Å². The van der Waals surface area contributed by atoms with Gasteiger partial charge in [0.2, 0.25) is 5.91 Å². The summed E-state index contributed by atoms with van der Waals surface area (Å²) in [5.41, 5.74) is 0.565. The van der Waals surface area contributed by atoms with Gasteiger partial charge in [-0.1, -0.05) is 11.8 Å². The molecule has 1 aromatic rings. The van der Waals surface area contributed by atoms with Gasteiger partial charge in [0.1, 0.15) is 11.1 Å². The molecule has 0 spiro atoms. The van der Waals surface area contributed by atoms with Crippen LogP contribution in [0.15, 0.2) is 6.07 Å². The number of rotatable bonds is 3. The van der Waals surface area contributed by atoms with Crippen LogP contribution in [0.4, 0.5) is 5.00 Å². The molecule has 1 fully saturated rings. The van der Waals surface area contributed by atoms with Crippen molar-refractivity contribution in [2.24, 2.45) is 5.92 Å². The number of aryl methyl sites for hydroxylation is 1. The molecular formula is C13H14N2O2S2. The molecule has 1 aliphatic rings. The minimum Gasteiger partial charge on any atom is -0.302 e. The molecular weight excluding hydrogens is 280 g/mol. The lowest BCUT2D eigenvalue weighted by molar-refractivity contribution is -0.117. The van der Waals surface area contributed by atoms with E-state index >= 15 is 0 Å².